The summed E-state index contributed by atoms with van der Waals surface area (Å²) in [5.41, 5.74) is 7.00. The first-order valence-corrected chi connectivity index (χ1v) is 7.04. The number of nitrogens with zero attached hydrogens (tertiary/aromatic N) is 1. The number of carbonyl (C=O) groups excluding carboxylic acids is 1. The lowest BCUT2D eigenvalue weighted by Crippen LogP contribution is -2.32. The van der Waals surface area contributed by atoms with E-state index in [1.54, 1.807) is 19.2 Å². The summed E-state index contributed by atoms with van der Waals surface area (Å²) in [7, 11) is 1.57. The van der Waals surface area contributed by atoms with Gasteiger partial charge in [-0.1, -0.05) is 12.1 Å². The molecule has 0 spiro atoms. The third-order valence-corrected chi connectivity index (χ3v) is 3.88. The Kier molecular flexibility index (Phi) is 4.95. The van der Waals surface area contributed by atoms with Crippen LogP contribution in [0.2, 0.25) is 0 Å². The molecule has 7 heteroatoms. The van der Waals surface area contributed by atoms with Gasteiger partial charge in [-0.3, -0.25) is 4.79 Å². The second-order valence-corrected chi connectivity index (χ2v) is 5.46. The maximum absolute atomic E-state index is 12.2. The average molecular weight is 316 g/mol. The van der Waals surface area contributed by atoms with Gasteiger partial charge in [-0.15, -0.1) is 0 Å². The quantitative estimate of drug-likeness (QED) is 0.927. The van der Waals surface area contributed by atoms with Crippen molar-refractivity contribution in [1.82, 2.24) is 4.90 Å². The number of likely N-dealkylation sites (tertiary alicyclic amines) is 1. The number of methoxy groups -OCH3 is 1. The topological polar surface area (TPSA) is 55.6 Å². The lowest BCUT2D eigenvalue weighted by molar-refractivity contribution is -0.148. The number of hydrogen-bond donors (Lipinski definition) is 1. The standard InChI is InChI=1S/C15H19F3N2O2/c1-22-11-4-2-10(3-5-11)12-8-20(9-13(12)19)14(21)6-7-15(16,17)18/h2-5,12-13H,6-9,19H2,1H3/t12-,13+/m1/s1. The Labute approximate surface area is 127 Å². The van der Waals surface area contributed by atoms with E-state index in [4.69, 9.17) is 10.5 Å². The number of halogens is 3. The van der Waals surface area contributed by atoms with Gasteiger partial charge in [0.15, 0.2) is 0 Å². The van der Waals surface area contributed by atoms with Gasteiger partial charge in [-0.25, -0.2) is 0 Å². The van der Waals surface area contributed by atoms with Crippen LogP contribution < -0.4 is 10.5 Å². The molecule has 1 amide bonds. The van der Waals surface area contributed by atoms with E-state index in [1.807, 2.05) is 12.1 Å². The molecule has 1 saturated heterocycles. The van der Waals surface area contributed by atoms with E-state index in [0.717, 1.165) is 5.56 Å². The zero-order valence-electron chi connectivity index (χ0n) is 12.3. The van der Waals surface area contributed by atoms with E-state index in [9.17, 15) is 18.0 Å². The fraction of sp³-hybridized carbons (Fsp3) is 0.533. The fourth-order valence-electron chi connectivity index (χ4n) is 2.64. The number of benzene rings is 1. The molecule has 1 aliphatic rings. The van der Waals surface area contributed by atoms with E-state index in [0.29, 0.717) is 12.3 Å². The number of alkyl halides is 3. The highest BCUT2D eigenvalue weighted by Crippen LogP contribution is 2.29. The second-order valence-electron chi connectivity index (χ2n) is 5.46. The van der Waals surface area contributed by atoms with E-state index in [2.05, 4.69) is 0 Å². The molecule has 0 bridgehead atoms. The molecule has 1 aliphatic heterocycles. The van der Waals surface area contributed by atoms with Gasteiger partial charge in [0.05, 0.1) is 13.5 Å². The first-order chi connectivity index (χ1) is 10.3. The Bertz CT molecular complexity index is 517. The number of hydrogen-bond acceptors (Lipinski definition) is 3. The fourth-order valence-corrected chi connectivity index (χ4v) is 2.64. The molecule has 2 atom stereocenters. The van der Waals surface area contributed by atoms with Crippen LogP contribution >= 0.6 is 0 Å². The van der Waals surface area contributed by atoms with Crippen molar-refractivity contribution in [2.45, 2.75) is 31.0 Å². The highest BCUT2D eigenvalue weighted by atomic mass is 19.4. The predicted molar refractivity (Wildman–Crippen MR) is 75.6 cm³/mol. The average Bonchev–Trinajstić information content (AvgIpc) is 2.86. The highest BCUT2D eigenvalue weighted by molar-refractivity contribution is 5.76. The van der Waals surface area contributed by atoms with Crippen LogP contribution in [0.15, 0.2) is 24.3 Å². The van der Waals surface area contributed by atoms with E-state index >= 15 is 0 Å². The molecule has 0 radical (unpaired) electrons. The van der Waals surface area contributed by atoms with Gasteiger partial charge in [0.2, 0.25) is 5.91 Å². The normalized spacial score (nSPS) is 22.0. The molecule has 1 aromatic rings. The lowest BCUT2D eigenvalue weighted by atomic mass is 9.95. The zero-order chi connectivity index (χ0) is 16.3. The SMILES string of the molecule is COc1ccc([C@H]2CN(C(=O)CCC(F)(F)F)C[C@@H]2N)cc1. The van der Waals surface area contributed by atoms with E-state index < -0.39 is 24.9 Å². The summed E-state index contributed by atoms with van der Waals surface area (Å²) in [6.45, 7) is 0.636. The molecule has 0 unspecified atom stereocenters. The van der Waals surface area contributed by atoms with Crippen molar-refractivity contribution < 1.29 is 22.7 Å². The number of rotatable bonds is 4. The monoisotopic (exact) mass is 316 g/mol. The number of nitrogens with two attached hydrogens (primary N) is 1. The number of ether oxygens (including phenoxy) is 1. The molecule has 1 heterocycles. The maximum atomic E-state index is 12.2. The van der Waals surface area contributed by atoms with Crippen molar-refractivity contribution in [2.75, 3.05) is 20.2 Å². The predicted octanol–water partition coefficient (Wildman–Crippen LogP) is 2.29. The van der Waals surface area contributed by atoms with Crippen LogP contribution in [-0.2, 0) is 4.79 Å². The molecule has 0 aromatic heterocycles. The minimum atomic E-state index is -4.31. The Morgan fingerprint density at radius 3 is 2.50 bits per heavy atom. The van der Waals surface area contributed by atoms with Crippen molar-refractivity contribution in [2.24, 2.45) is 5.73 Å². The van der Waals surface area contributed by atoms with E-state index in [-0.39, 0.29) is 18.5 Å². The minimum Gasteiger partial charge on any atom is -0.497 e. The maximum Gasteiger partial charge on any atom is 0.389 e. The first-order valence-electron chi connectivity index (χ1n) is 7.04. The smallest absolute Gasteiger partial charge is 0.389 e. The summed E-state index contributed by atoms with van der Waals surface area (Å²) < 4.78 is 41.6. The Hall–Kier alpha value is -1.76. The van der Waals surface area contributed by atoms with Gasteiger partial charge in [-0.2, -0.15) is 13.2 Å². The largest absolute Gasteiger partial charge is 0.497 e. The van der Waals surface area contributed by atoms with Crippen LogP contribution in [0.4, 0.5) is 13.2 Å². The molecule has 0 aliphatic carbocycles. The van der Waals surface area contributed by atoms with Crippen LogP contribution in [0.25, 0.3) is 0 Å². The van der Waals surface area contributed by atoms with Crippen molar-refractivity contribution in [3.05, 3.63) is 29.8 Å². The van der Waals surface area contributed by atoms with Gasteiger partial charge in [0, 0.05) is 31.5 Å². The summed E-state index contributed by atoms with van der Waals surface area (Å²) in [4.78, 5) is 13.3. The second kappa shape index (κ2) is 6.56. The summed E-state index contributed by atoms with van der Waals surface area (Å²) in [6, 6.07) is 7.06. The van der Waals surface area contributed by atoms with Crippen LogP contribution in [0.1, 0.15) is 24.3 Å². The molecule has 4 nitrogen and oxygen atoms in total. The third-order valence-electron chi connectivity index (χ3n) is 3.88. The number of carbonyl (C=O) groups is 1. The van der Waals surface area contributed by atoms with Crippen molar-refractivity contribution in [3.8, 4) is 5.75 Å². The highest BCUT2D eigenvalue weighted by Gasteiger charge is 2.35. The van der Waals surface area contributed by atoms with Crippen LogP contribution in [0.3, 0.4) is 0 Å². The van der Waals surface area contributed by atoms with Gasteiger partial charge >= 0.3 is 6.18 Å². The molecule has 122 valence electrons. The molecular weight excluding hydrogens is 297 g/mol. The van der Waals surface area contributed by atoms with Crippen LogP contribution in [0, 0.1) is 0 Å². The summed E-state index contributed by atoms with van der Waals surface area (Å²) in [6.07, 6.45) is -5.93. The Morgan fingerprint density at radius 2 is 1.95 bits per heavy atom. The third kappa shape index (κ3) is 4.13. The summed E-state index contributed by atoms with van der Waals surface area (Å²) in [5.74, 6) is 0.151. The molecular formula is C15H19F3N2O2. The molecule has 2 N–H and O–H groups in total. The van der Waals surface area contributed by atoms with Gasteiger partial charge < -0.3 is 15.4 Å². The minimum absolute atomic E-state index is 0.0688. The Morgan fingerprint density at radius 1 is 1.32 bits per heavy atom. The van der Waals surface area contributed by atoms with Gasteiger partial charge in [-0.05, 0) is 17.7 Å². The molecule has 0 saturated carbocycles. The van der Waals surface area contributed by atoms with Gasteiger partial charge in [0.1, 0.15) is 5.75 Å². The first kappa shape index (κ1) is 16.6. The summed E-state index contributed by atoms with van der Waals surface area (Å²) >= 11 is 0. The molecule has 1 fully saturated rings. The van der Waals surface area contributed by atoms with Crippen molar-refractivity contribution >= 4 is 5.91 Å². The molecule has 2 rings (SSSR count). The number of amides is 1. The van der Waals surface area contributed by atoms with Crippen LogP contribution in [-0.4, -0.2) is 43.2 Å². The molecule has 22 heavy (non-hydrogen) atoms. The van der Waals surface area contributed by atoms with Crippen LogP contribution in [0.5, 0.6) is 5.75 Å². The zero-order valence-corrected chi connectivity index (χ0v) is 12.3. The lowest BCUT2D eigenvalue weighted by Gasteiger charge is -2.17. The molecule has 1 aromatic carbocycles. The van der Waals surface area contributed by atoms with Crippen molar-refractivity contribution in [3.63, 3.8) is 0 Å². The Balaban J connectivity index is 1.97. The summed E-state index contributed by atoms with van der Waals surface area (Å²) in [5, 5.41) is 0. The van der Waals surface area contributed by atoms with Crippen molar-refractivity contribution in [1.29, 1.82) is 0 Å². The van der Waals surface area contributed by atoms with E-state index in [1.165, 1.54) is 4.90 Å². The van der Waals surface area contributed by atoms with Gasteiger partial charge in [0.25, 0.3) is 0 Å².